The van der Waals surface area contributed by atoms with Crippen LogP contribution >= 0.6 is 0 Å². The van der Waals surface area contributed by atoms with Gasteiger partial charge < -0.3 is 4.74 Å². The maximum Gasteiger partial charge on any atom is 0.311 e. The second-order valence-corrected chi connectivity index (χ2v) is 9.11. The number of hydrogen-bond acceptors (Lipinski definition) is 2. The summed E-state index contributed by atoms with van der Waals surface area (Å²) in [7, 11) is 1.56. The number of esters is 1. The Labute approximate surface area is 142 Å². The number of methoxy groups -OCH3 is 1. The molecular weight excluding hydrogens is 284 g/mol. The van der Waals surface area contributed by atoms with Gasteiger partial charge in [0.1, 0.15) is 0 Å². The Hall–Kier alpha value is -0.790. The molecule has 2 heteroatoms. The van der Waals surface area contributed by atoms with Crippen molar-refractivity contribution in [2.24, 2.45) is 28.6 Å². The van der Waals surface area contributed by atoms with Crippen LogP contribution < -0.4 is 0 Å². The Bertz CT molecular complexity index is 516. The summed E-state index contributed by atoms with van der Waals surface area (Å²) in [5.74, 6) is 2.18. The summed E-state index contributed by atoms with van der Waals surface area (Å²) in [4.78, 5) is 12.6. The molecule has 3 rings (SSSR count). The summed E-state index contributed by atoms with van der Waals surface area (Å²) in [5, 5.41) is 0. The number of rotatable bonds is 1. The minimum atomic E-state index is -0.260. The van der Waals surface area contributed by atoms with E-state index in [9.17, 15) is 4.79 Å². The van der Waals surface area contributed by atoms with Crippen molar-refractivity contribution in [3.05, 3.63) is 11.1 Å². The first-order valence-corrected chi connectivity index (χ1v) is 9.56. The van der Waals surface area contributed by atoms with Gasteiger partial charge in [-0.25, -0.2) is 0 Å². The first-order chi connectivity index (χ1) is 10.8. The predicted octanol–water partition coefficient (Wildman–Crippen LogP) is 5.52. The Balaban J connectivity index is 1.90. The average molecular weight is 319 g/mol. The fraction of sp³-hybridized carbons (Fsp3) is 0.857. The zero-order valence-electron chi connectivity index (χ0n) is 15.7. The van der Waals surface area contributed by atoms with Crippen LogP contribution in [0.4, 0.5) is 0 Å². The van der Waals surface area contributed by atoms with Gasteiger partial charge in [-0.2, -0.15) is 0 Å². The lowest BCUT2D eigenvalue weighted by Crippen LogP contribution is -2.55. The lowest BCUT2D eigenvalue weighted by atomic mass is 9.44. The van der Waals surface area contributed by atoms with E-state index >= 15 is 0 Å². The van der Waals surface area contributed by atoms with Crippen LogP contribution in [0, 0.1) is 28.6 Å². The minimum Gasteiger partial charge on any atom is -0.469 e. The van der Waals surface area contributed by atoms with Crippen molar-refractivity contribution in [2.75, 3.05) is 7.11 Å². The molecule has 0 radical (unpaired) electrons. The second-order valence-electron chi connectivity index (χ2n) is 9.11. The Morgan fingerprint density at radius 1 is 1.13 bits per heavy atom. The summed E-state index contributed by atoms with van der Waals surface area (Å²) in [6.45, 7) is 9.24. The third kappa shape index (κ3) is 2.57. The molecule has 0 spiro atoms. The van der Waals surface area contributed by atoms with Gasteiger partial charge in [-0.15, -0.1) is 0 Å². The fourth-order valence-corrected chi connectivity index (χ4v) is 6.61. The molecule has 0 aromatic heterocycles. The zero-order valence-corrected chi connectivity index (χ0v) is 15.7. The van der Waals surface area contributed by atoms with Crippen LogP contribution in [0.5, 0.6) is 0 Å². The SMILES string of the molecule is COC(=O)C1(C)CCCC2(C)C3CCC(=C(C)C)CC3CCC12. The predicted molar refractivity (Wildman–Crippen MR) is 94.0 cm³/mol. The second kappa shape index (κ2) is 5.93. The van der Waals surface area contributed by atoms with Gasteiger partial charge >= 0.3 is 5.97 Å². The molecule has 0 bridgehead atoms. The van der Waals surface area contributed by atoms with E-state index in [1.165, 1.54) is 44.9 Å². The van der Waals surface area contributed by atoms with Crippen molar-refractivity contribution in [3.8, 4) is 0 Å². The molecular formula is C21H34O2. The number of allylic oxidation sites excluding steroid dienone is 2. The van der Waals surface area contributed by atoms with Crippen LogP contribution in [0.3, 0.4) is 0 Å². The lowest BCUT2D eigenvalue weighted by molar-refractivity contribution is -0.174. The standard InChI is InChI=1S/C21H34O2/c1-14(2)15-7-9-17-16(13-15)8-10-18-20(17,3)11-6-12-21(18,4)19(22)23-5/h16-18H,6-13H2,1-5H3. The van der Waals surface area contributed by atoms with E-state index in [2.05, 4.69) is 27.7 Å². The van der Waals surface area contributed by atoms with Gasteiger partial charge in [0.2, 0.25) is 0 Å². The van der Waals surface area contributed by atoms with E-state index in [0.717, 1.165) is 18.3 Å². The van der Waals surface area contributed by atoms with Gasteiger partial charge in [0, 0.05) is 0 Å². The Morgan fingerprint density at radius 3 is 2.52 bits per heavy atom. The van der Waals surface area contributed by atoms with Crippen molar-refractivity contribution in [2.45, 2.75) is 79.1 Å². The van der Waals surface area contributed by atoms with Crippen molar-refractivity contribution in [1.82, 2.24) is 0 Å². The summed E-state index contributed by atoms with van der Waals surface area (Å²) in [6.07, 6.45) is 9.91. The van der Waals surface area contributed by atoms with E-state index < -0.39 is 0 Å². The fourth-order valence-electron chi connectivity index (χ4n) is 6.61. The molecule has 0 aliphatic heterocycles. The molecule has 0 saturated heterocycles. The molecule has 0 amide bonds. The van der Waals surface area contributed by atoms with Gasteiger partial charge in [0.05, 0.1) is 12.5 Å². The van der Waals surface area contributed by atoms with Crippen molar-refractivity contribution in [3.63, 3.8) is 0 Å². The Kier molecular flexibility index (Phi) is 4.40. The molecule has 23 heavy (non-hydrogen) atoms. The highest BCUT2D eigenvalue weighted by molar-refractivity contribution is 5.77. The summed E-state index contributed by atoms with van der Waals surface area (Å²) in [5.41, 5.74) is 3.32. The molecule has 3 fully saturated rings. The normalized spacial score (nSPS) is 43.3. The highest BCUT2D eigenvalue weighted by Gasteiger charge is 2.59. The number of carbonyl (C=O) groups excluding carboxylic acids is 1. The molecule has 3 aliphatic rings. The van der Waals surface area contributed by atoms with Gasteiger partial charge in [0.25, 0.3) is 0 Å². The maximum absolute atomic E-state index is 12.6. The van der Waals surface area contributed by atoms with Crippen molar-refractivity contribution in [1.29, 1.82) is 0 Å². The van der Waals surface area contributed by atoms with E-state index in [-0.39, 0.29) is 11.4 Å². The Morgan fingerprint density at radius 2 is 1.87 bits per heavy atom. The van der Waals surface area contributed by atoms with Crippen LogP contribution in [0.15, 0.2) is 11.1 Å². The van der Waals surface area contributed by atoms with Crippen LogP contribution in [-0.2, 0) is 9.53 Å². The summed E-state index contributed by atoms with van der Waals surface area (Å²) < 4.78 is 5.22. The molecule has 3 aliphatic carbocycles. The van der Waals surface area contributed by atoms with Crippen LogP contribution in [0.1, 0.15) is 79.1 Å². The molecule has 5 unspecified atom stereocenters. The molecule has 5 atom stereocenters. The quantitative estimate of drug-likeness (QED) is 0.470. The zero-order chi connectivity index (χ0) is 16.8. The molecule has 2 nitrogen and oxygen atoms in total. The molecule has 0 heterocycles. The highest BCUT2D eigenvalue weighted by Crippen LogP contribution is 2.64. The third-order valence-corrected chi connectivity index (χ3v) is 7.84. The molecule has 0 N–H and O–H groups in total. The van der Waals surface area contributed by atoms with E-state index in [1.54, 1.807) is 18.3 Å². The van der Waals surface area contributed by atoms with Crippen LogP contribution in [0.2, 0.25) is 0 Å². The summed E-state index contributed by atoms with van der Waals surface area (Å²) in [6, 6.07) is 0. The monoisotopic (exact) mass is 318 g/mol. The van der Waals surface area contributed by atoms with E-state index in [0.29, 0.717) is 11.3 Å². The number of ether oxygens (including phenoxy) is 1. The maximum atomic E-state index is 12.6. The smallest absolute Gasteiger partial charge is 0.311 e. The number of carbonyl (C=O) groups is 1. The molecule has 130 valence electrons. The van der Waals surface area contributed by atoms with Crippen LogP contribution in [-0.4, -0.2) is 13.1 Å². The van der Waals surface area contributed by atoms with Gasteiger partial charge in [-0.3, -0.25) is 4.79 Å². The van der Waals surface area contributed by atoms with Gasteiger partial charge in [-0.05, 0) is 88.9 Å². The van der Waals surface area contributed by atoms with Crippen molar-refractivity contribution < 1.29 is 9.53 Å². The third-order valence-electron chi connectivity index (χ3n) is 7.84. The highest BCUT2D eigenvalue weighted by atomic mass is 16.5. The van der Waals surface area contributed by atoms with Gasteiger partial charge in [0.15, 0.2) is 0 Å². The summed E-state index contributed by atoms with van der Waals surface area (Å²) >= 11 is 0. The topological polar surface area (TPSA) is 26.3 Å². The average Bonchev–Trinajstić information content (AvgIpc) is 2.53. The molecule has 0 aromatic rings. The molecule has 3 saturated carbocycles. The minimum absolute atomic E-state index is 0.0349. The first-order valence-electron chi connectivity index (χ1n) is 9.56. The van der Waals surface area contributed by atoms with Gasteiger partial charge in [-0.1, -0.05) is 24.5 Å². The van der Waals surface area contributed by atoms with Crippen LogP contribution in [0.25, 0.3) is 0 Å². The lowest BCUT2D eigenvalue weighted by Gasteiger charge is -2.60. The van der Waals surface area contributed by atoms with E-state index in [1.807, 2.05) is 0 Å². The van der Waals surface area contributed by atoms with E-state index in [4.69, 9.17) is 4.74 Å². The largest absolute Gasteiger partial charge is 0.469 e. The molecule has 0 aromatic carbocycles. The number of fused-ring (bicyclic) bond motifs is 3. The number of hydrogen-bond donors (Lipinski definition) is 0. The first kappa shape index (κ1) is 17.0. The van der Waals surface area contributed by atoms with Crippen molar-refractivity contribution >= 4 is 5.97 Å².